The summed E-state index contributed by atoms with van der Waals surface area (Å²) >= 11 is 1.52. The van der Waals surface area contributed by atoms with Gasteiger partial charge in [0.15, 0.2) is 17.0 Å². The van der Waals surface area contributed by atoms with E-state index < -0.39 is 6.10 Å². The Labute approximate surface area is 132 Å². The first kappa shape index (κ1) is 15.3. The number of anilines is 2. The number of hydrogen-bond acceptors (Lipinski definition) is 8. The van der Waals surface area contributed by atoms with E-state index in [-0.39, 0.29) is 29.2 Å². The SMILES string of the molecule is CC(C)Nc1nc(N)nc2c1ncn2[C@H]1C[C@H](O)[C@@H](CO)S1. The van der Waals surface area contributed by atoms with E-state index in [1.165, 1.54) is 11.8 Å². The van der Waals surface area contributed by atoms with Crippen molar-refractivity contribution in [1.82, 2.24) is 19.5 Å². The lowest BCUT2D eigenvalue weighted by atomic mass is 10.2. The zero-order valence-corrected chi connectivity index (χ0v) is 13.3. The highest BCUT2D eigenvalue weighted by Gasteiger charge is 2.35. The molecule has 22 heavy (non-hydrogen) atoms. The lowest BCUT2D eigenvalue weighted by molar-refractivity contribution is 0.138. The molecule has 1 saturated heterocycles. The zero-order valence-electron chi connectivity index (χ0n) is 12.5. The van der Waals surface area contributed by atoms with Gasteiger partial charge in [-0.25, -0.2) is 4.98 Å². The molecular formula is C13H20N6O2S. The molecule has 5 N–H and O–H groups in total. The number of hydrogen-bond donors (Lipinski definition) is 4. The van der Waals surface area contributed by atoms with Crippen LogP contribution in [0.5, 0.6) is 0 Å². The van der Waals surface area contributed by atoms with Crippen LogP contribution in [-0.4, -0.2) is 53.7 Å². The number of fused-ring (bicyclic) bond motifs is 1. The third-order valence-corrected chi connectivity index (χ3v) is 5.11. The number of nitrogens with one attached hydrogen (secondary N) is 1. The quantitative estimate of drug-likeness (QED) is 0.644. The molecule has 2 aromatic rings. The van der Waals surface area contributed by atoms with Crippen LogP contribution in [0.1, 0.15) is 25.6 Å². The molecule has 0 aliphatic carbocycles. The fraction of sp³-hybridized carbons (Fsp3) is 0.615. The lowest BCUT2D eigenvalue weighted by Gasteiger charge is -2.13. The zero-order chi connectivity index (χ0) is 15.9. The molecular weight excluding hydrogens is 304 g/mol. The normalized spacial score (nSPS) is 25.2. The van der Waals surface area contributed by atoms with Crippen molar-refractivity contribution in [3.05, 3.63) is 6.33 Å². The first-order valence-electron chi connectivity index (χ1n) is 7.20. The van der Waals surface area contributed by atoms with Crippen LogP contribution in [0.25, 0.3) is 11.2 Å². The van der Waals surface area contributed by atoms with Gasteiger partial charge in [0, 0.05) is 12.5 Å². The Hall–Kier alpha value is -1.58. The van der Waals surface area contributed by atoms with E-state index in [9.17, 15) is 10.2 Å². The number of aromatic nitrogens is 4. The molecule has 8 nitrogen and oxygen atoms in total. The van der Waals surface area contributed by atoms with Gasteiger partial charge < -0.3 is 25.8 Å². The summed E-state index contributed by atoms with van der Waals surface area (Å²) in [6.07, 6.45) is 1.69. The molecule has 0 aromatic carbocycles. The number of aliphatic hydroxyl groups is 2. The van der Waals surface area contributed by atoms with Gasteiger partial charge in [-0.05, 0) is 13.8 Å². The minimum Gasteiger partial charge on any atom is -0.395 e. The van der Waals surface area contributed by atoms with Gasteiger partial charge in [-0.2, -0.15) is 9.97 Å². The van der Waals surface area contributed by atoms with E-state index in [0.717, 1.165) is 0 Å². The van der Waals surface area contributed by atoms with Gasteiger partial charge in [0.05, 0.1) is 29.7 Å². The van der Waals surface area contributed by atoms with Gasteiger partial charge in [0.2, 0.25) is 5.95 Å². The fourth-order valence-corrected chi connectivity index (χ4v) is 3.94. The van der Waals surface area contributed by atoms with Crippen molar-refractivity contribution in [2.75, 3.05) is 17.7 Å². The van der Waals surface area contributed by atoms with Crippen LogP contribution < -0.4 is 11.1 Å². The molecule has 120 valence electrons. The predicted molar refractivity (Wildman–Crippen MR) is 86.6 cm³/mol. The van der Waals surface area contributed by atoms with Gasteiger partial charge in [-0.15, -0.1) is 11.8 Å². The van der Waals surface area contributed by atoms with Gasteiger partial charge in [-0.3, -0.25) is 0 Å². The monoisotopic (exact) mass is 324 g/mol. The first-order chi connectivity index (χ1) is 10.5. The van der Waals surface area contributed by atoms with Crippen LogP contribution in [0, 0.1) is 0 Å². The van der Waals surface area contributed by atoms with Gasteiger partial charge >= 0.3 is 0 Å². The van der Waals surface area contributed by atoms with Gasteiger partial charge in [0.1, 0.15) is 0 Å². The van der Waals surface area contributed by atoms with E-state index in [1.807, 2.05) is 18.4 Å². The number of thioether (sulfide) groups is 1. The Morgan fingerprint density at radius 2 is 2.27 bits per heavy atom. The minimum atomic E-state index is -0.537. The standard InChI is InChI=1S/C13H20N6O2S/c1-6(2)16-11-10-12(18-13(14)17-11)19(5-15-10)9-3-7(21)8(4-20)22-9/h5-9,20-21H,3-4H2,1-2H3,(H3,14,16,17,18)/t7-,8+,9+/m0/s1. The second-order valence-electron chi connectivity index (χ2n) is 5.67. The summed E-state index contributed by atoms with van der Waals surface area (Å²) in [6.45, 7) is 3.97. The number of imidazole rings is 1. The molecule has 3 heterocycles. The maximum absolute atomic E-state index is 9.97. The lowest BCUT2D eigenvalue weighted by Crippen LogP contribution is -2.20. The Kier molecular flexibility index (Phi) is 4.11. The van der Waals surface area contributed by atoms with E-state index in [1.54, 1.807) is 6.33 Å². The maximum Gasteiger partial charge on any atom is 0.224 e. The summed E-state index contributed by atoms with van der Waals surface area (Å²) in [4.78, 5) is 12.9. The average Bonchev–Trinajstić information content (AvgIpc) is 3.01. The molecule has 0 unspecified atom stereocenters. The molecule has 3 rings (SSSR count). The highest BCUT2D eigenvalue weighted by atomic mass is 32.2. The van der Waals surface area contributed by atoms with Crippen LogP contribution in [0.3, 0.4) is 0 Å². The molecule has 0 spiro atoms. The minimum absolute atomic E-state index is 0.0293. The Bertz CT molecular complexity index is 676. The van der Waals surface area contributed by atoms with Crippen molar-refractivity contribution in [3.63, 3.8) is 0 Å². The molecule has 9 heteroatoms. The Morgan fingerprint density at radius 1 is 1.50 bits per heavy atom. The van der Waals surface area contributed by atoms with Gasteiger partial charge in [-0.1, -0.05) is 0 Å². The first-order valence-corrected chi connectivity index (χ1v) is 8.15. The Morgan fingerprint density at radius 3 is 2.91 bits per heavy atom. The summed E-state index contributed by atoms with van der Waals surface area (Å²) in [5.41, 5.74) is 7.10. The maximum atomic E-state index is 9.97. The molecule has 1 aliphatic heterocycles. The van der Waals surface area contributed by atoms with Crippen LogP contribution in [0.2, 0.25) is 0 Å². The van der Waals surface area contributed by atoms with Crippen molar-refractivity contribution in [3.8, 4) is 0 Å². The van der Waals surface area contributed by atoms with Crippen molar-refractivity contribution in [1.29, 1.82) is 0 Å². The predicted octanol–water partition coefficient (Wildman–Crippen LogP) is 0.586. The summed E-state index contributed by atoms with van der Waals surface area (Å²) in [6, 6.07) is 0.198. The van der Waals surface area contributed by atoms with Crippen LogP contribution in [0.15, 0.2) is 6.33 Å². The summed E-state index contributed by atoms with van der Waals surface area (Å²) in [7, 11) is 0. The van der Waals surface area contributed by atoms with E-state index in [4.69, 9.17) is 5.73 Å². The second-order valence-corrected chi connectivity index (χ2v) is 7.09. The molecule has 1 fully saturated rings. The fourth-order valence-electron chi connectivity index (χ4n) is 2.57. The highest BCUT2D eigenvalue weighted by molar-refractivity contribution is 8.00. The number of nitrogens with zero attached hydrogens (tertiary/aromatic N) is 4. The Balaban J connectivity index is 2.00. The third kappa shape index (κ3) is 2.71. The van der Waals surface area contributed by atoms with Crippen molar-refractivity contribution in [2.45, 2.75) is 43.0 Å². The molecule has 0 amide bonds. The van der Waals surface area contributed by atoms with Crippen LogP contribution in [-0.2, 0) is 0 Å². The largest absolute Gasteiger partial charge is 0.395 e. The summed E-state index contributed by atoms with van der Waals surface area (Å²) in [5.74, 6) is 0.790. The number of aliphatic hydroxyl groups excluding tert-OH is 2. The highest BCUT2D eigenvalue weighted by Crippen LogP contribution is 2.42. The molecule has 0 bridgehead atoms. The van der Waals surface area contributed by atoms with E-state index >= 15 is 0 Å². The van der Waals surface area contributed by atoms with Crippen molar-refractivity contribution < 1.29 is 10.2 Å². The smallest absolute Gasteiger partial charge is 0.224 e. The number of rotatable bonds is 4. The van der Waals surface area contributed by atoms with Crippen LogP contribution >= 0.6 is 11.8 Å². The van der Waals surface area contributed by atoms with Gasteiger partial charge in [0.25, 0.3) is 0 Å². The van der Waals surface area contributed by atoms with Crippen molar-refractivity contribution >= 4 is 34.7 Å². The molecule has 3 atom stereocenters. The molecule has 0 saturated carbocycles. The molecule has 0 radical (unpaired) electrons. The van der Waals surface area contributed by atoms with E-state index in [2.05, 4.69) is 20.3 Å². The molecule has 1 aliphatic rings. The van der Waals surface area contributed by atoms with E-state index in [0.29, 0.717) is 23.4 Å². The summed E-state index contributed by atoms with van der Waals surface area (Å²) < 4.78 is 1.89. The second kappa shape index (κ2) is 5.90. The average molecular weight is 324 g/mol. The summed E-state index contributed by atoms with van der Waals surface area (Å²) in [5, 5.41) is 22.3. The topological polar surface area (TPSA) is 122 Å². The van der Waals surface area contributed by atoms with Crippen molar-refractivity contribution in [2.24, 2.45) is 0 Å². The third-order valence-electron chi connectivity index (χ3n) is 3.56. The molecule has 2 aromatic heterocycles. The van der Waals surface area contributed by atoms with Crippen LogP contribution in [0.4, 0.5) is 11.8 Å². The number of nitrogens with two attached hydrogens (primary N) is 1. The number of nitrogen functional groups attached to an aromatic ring is 1.